The van der Waals surface area contributed by atoms with Crippen LogP contribution in [-0.2, 0) is 9.53 Å². The minimum atomic E-state index is -0.655. The molecule has 0 heterocycles. The molecule has 3 heteroatoms. The van der Waals surface area contributed by atoms with Crippen LogP contribution in [0.2, 0.25) is 0 Å². The van der Waals surface area contributed by atoms with E-state index in [0.717, 1.165) is 26.1 Å². The van der Waals surface area contributed by atoms with Gasteiger partial charge in [0.1, 0.15) is 0 Å². The van der Waals surface area contributed by atoms with Gasteiger partial charge >= 0.3 is 5.97 Å². The van der Waals surface area contributed by atoms with E-state index in [9.17, 15) is 4.79 Å². The van der Waals surface area contributed by atoms with E-state index in [4.69, 9.17) is 9.84 Å². The lowest BCUT2D eigenvalue weighted by molar-refractivity contribution is -0.137. The zero-order valence-corrected chi connectivity index (χ0v) is 19.7. The van der Waals surface area contributed by atoms with Crippen molar-refractivity contribution < 1.29 is 14.6 Å². The average Bonchev–Trinajstić information content (AvgIpc) is 2.71. The highest BCUT2D eigenvalue weighted by molar-refractivity contribution is 5.66. The molecule has 0 aliphatic carbocycles. The summed E-state index contributed by atoms with van der Waals surface area (Å²) in [7, 11) is 0. The van der Waals surface area contributed by atoms with Crippen molar-refractivity contribution in [2.24, 2.45) is 0 Å². The van der Waals surface area contributed by atoms with Gasteiger partial charge in [-0.15, -0.1) is 0 Å². The SMILES string of the molecule is CCCCCCCCOCCCCCCCCCCCCCCCCCC(=O)O. The molecule has 0 bridgehead atoms. The Balaban J connectivity index is 2.99. The molecule has 3 nitrogen and oxygen atoms in total. The Kier molecular flexibility index (Phi) is 25.0. The van der Waals surface area contributed by atoms with Crippen molar-refractivity contribution in [1.29, 1.82) is 0 Å². The van der Waals surface area contributed by atoms with Gasteiger partial charge in [0.15, 0.2) is 0 Å². The van der Waals surface area contributed by atoms with Crippen LogP contribution in [0.15, 0.2) is 0 Å². The van der Waals surface area contributed by atoms with Crippen molar-refractivity contribution in [2.45, 2.75) is 148 Å². The highest BCUT2D eigenvalue weighted by Gasteiger charge is 1.97. The van der Waals surface area contributed by atoms with E-state index in [2.05, 4.69) is 6.92 Å². The Morgan fingerprint density at radius 1 is 0.517 bits per heavy atom. The van der Waals surface area contributed by atoms with Crippen LogP contribution in [0.5, 0.6) is 0 Å². The van der Waals surface area contributed by atoms with Gasteiger partial charge in [-0.3, -0.25) is 4.79 Å². The molecule has 0 aromatic rings. The molecule has 0 rings (SSSR count). The fourth-order valence-corrected chi connectivity index (χ4v) is 3.86. The van der Waals surface area contributed by atoms with Gasteiger partial charge in [-0.1, -0.05) is 122 Å². The summed E-state index contributed by atoms with van der Waals surface area (Å²) in [6.07, 6.45) is 27.9. The Hall–Kier alpha value is -0.570. The van der Waals surface area contributed by atoms with Gasteiger partial charge in [-0.05, 0) is 19.3 Å². The summed E-state index contributed by atoms with van der Waals surface area (Å²) in [4.78, 5) is 10.4. The third kappa shape index (κ3) is 27.4. The molecule has 1 N–H and O–H groups in total. The number of ether oxygens (including phenoxy) is 1. The number of carbonyl (C=O) groups is 1. The van der Waals surface area contributed by atoms with E-state index >= 15 is 0 Å². The number of hydrogen-bond acceptors (Lipinski definition) is 2. The normalized spacial score (nSPS) is 11.2. The molecule has 0 fully saturated rings. The van der Waals surface area contributed by atoms with E-state index in [1.54, 1.807) is 0 Å². The van der Waals surface area contributed by atoms with Crippen molar-refractivity contribution in [2.75, 3.05) is 13.2 Å². The van der Waals surface area contributed by atoms with Gasteiger partial charge < -0.3 is 9.84 Å². The summed E-state index contributed by atoms with van der Waals surface area (Å²) in [6.45, 7) is 4.20. The fraction of sp³-hybridized carbons (Fsp3) is 0.962. The zero-order chi connectivity index (χ0) is 21.3. The second kappa shape index (κ2) is 25.5. The Bertz CT molecular complexity index is 317. The van der Waals surface area contributed by atoms with Crippen LogP contribution >= 0.6 is 0 Å². The summed E-state index contributed by atoms with van der Waals surface area (Å²) in [5.41, 5.74) is 0. The van der Waals surface area contributed by atoms with Gasteiger partial charge in [0.2, 0.25) is 0 Å². The second-order valence-corrected chi connectivity index (χ2v) is 8.83. The lowest BCUT2D eigenvalue weighted by Gasteiger charge is -2.05. The van der Waals surface area contributed by atoms with Crippen LogP contribution in [-0.4, -0.2) is 24.3 Å². The number of unbranched alkanes of at least 4 members (excludes halogenated alkanes) is 19. The van der Waals surface area contributed by atoms with Crippen LogP contribution in [0.3, 0.4) is 0 Å². The lowest BCUT2D eigenvalue weighted by Crippen LogP contribution is -1.97. The van der Waals surface area contributed by atoms with Gasteiger partial charge in [0.05, 0.1) is 0 Å². The van der Waals surface area contributed by atoms with E-state index in [0.29, 0.717) is 6.42 Å². The molecule has 0 saturated carbocycles. The fourth-order valence-electron chi connectivity index (χ4n) is 3.86. The highest BCUT2D eigenvalue weighted by atomic mass is 16.5. The minimum Gasteiger partial charge on any atom is -0.481 e. The van der Waals surface area contributed by atoms with Crippen LogP contribution in [0.1, 0.15) is 148 Å². The van der Waals surface area contributed by atoms with Crippen molar-refractivity contribution in [3.8, 4) is 0 Å². The van der Waals surface area contributed by atoms with Crippen molar-refractivity contribution in [3.05, 3.63) is 0 Å². The standard InChI is InChI=1S/C26H52O3/c1-2-3-4-5-18-21-24-29-25-22-19-16-14-12-10-8-6-7-9-11-13-15-17-20-23-26(27)28/h2-25H2,1H3,(H,27,28). The van der Waals surface area contributed by atoms with E-state index < -0.39 is 5.97 Å². The predicted molar refractivity (Wildman–Crippen MR) is 126 cm³/mol. The molecular weight excluding hydrogens is 360 g/mol. The smallest absolute Gasteiger partial charge is 0.303 e. The minimum absolute atomic E-state index is 0.340. The van der Waals surface area contributed by atoms with E-state index in [1.807, 2.05) is 0 Å². The first-order valence-corrected chi connectivity index (χ1v) is 13.1. The molecule has 0 radical (unpaired) electrons. The Labute approximate surface area is 182 Å². The van der Waals surface area contributed by atoms with Crippen LogP contribution < -0.4 is 0 Å². The third-order valence-corrected chi connectivity index (χ3v) is 5.82. The first-order valence-electron chi connectivity index (χ1n) is 13.1. The highest BCUT2D eigenvalue weighted by Crippen LogP contribution is 2.14. The second-order valence-electron chi connectivity index (χ2n) is 8.83. The number of rotatable bonds is 25. The zero-order valence-electron chi connectivity index (χ0n) is 19.7. The summed E-state index contributed by atoms with van der Waals surface area (Å²) in [6, 6.07) is 0. The summed E-state index contributed by atoms with van der Waals surface area (Å²) >= 11 is 0. The lowest BCUT2D eigenvalue weighted by atomic mass is 10.0. The maximum absolute atomic E-state index is 10.4. The third-order valence-electron chi connectivity index (χ3n) is 5.82. The van der Waals surface area contributed by atoms with Crippen molar-refractivity contribution in [3.63, 3.8) is 0 Å². The first-order chi connectivity index (χ1) is 14.3. The monoisotopic (exact) mass is 412 g/mol. The van der Waals surface area contributed by atoms with Crippen LogP contribution in [0.25, 0.3) is 0 Å². The molecule has 0 aromatic heterocycles. The largest absolute Gasteiger partial charge is 0.481 e. The molecule has 0 aromatic carbocycles. The van der Waals surface area contributed by atoms with Crippen molar-refractivity contribution >= 4 is 5.97 Å². The van der Waals surface area contributed by atoms with Gasteiger partial charge in [-0.25, -0.2) is 0 Å². The number of aliphatic carboxylic acids is 1. The Morgan fingerprint density at radius 2 is 0.828 bits per heavy atom. The van der Waals surface area contributed by atoms with E-state index in [-0.39, 0.29) is 0 Å². The predicted octanol–water partition coefficient (Wildman–Crippen LogP) is 8.69. The first kappa shape index (κ1) is 28.4. The molecule has 0 amide bonds. The number of carboxylic acids is 1. The number of carboxylic acid groups (broad SMARTS) is 1. The molecule has 0 spiro atoms. The molecule has 174 valence electrons. The van der Waals surface area contributed by atoms with Crippen LogP contribution in [0, 0.1) is 0 Å². The molecule has 0 atom stereocenters. The maximum Gasteiger partial charge on any atom is 0.303 e. The summed E-state index contributed by atoms with van der Waals surface area (Å²) in [5.74, 6) is -0.655. The molecule has 0 saturated heterocycles. The Morgan fingerprint density at radius 3 is 1.17 bits per heavy atom. The van der Waals surface area contributed by atoms with E-state index in [1.165, 1.54) is 122 Å². The topological polar surface area (TPSA) is 46.5 Å². The maximum atomic E-state index is 10.4. The van der Waals surface area contributed by atoms with Gasteiger partial charge in [-0.2, -0.15) is 0 Å². The van der Waals surface area contributed by atoms with Crippen molar-refractivity contribution in [1.82, 2.24) is 0 Å². The summed E-state index contributed by atoms with van der Waals surface area (Å²) < 4.78 is 5.75. The average molecular weight is 413 g/mol. The quantitative estimate of drug-likeness (QED) is 0.152. The summed E-state index contributed by atoms with van der Waals surface area (Å²) in [5, 5.41) is 8.59. The molecule has 0 unspecified atom stereocenters. The molecule has 0 aliphatic rings. The van der Waals surface area contributed by atoms with Crippen LogP contribution in [0.4, 0.5) is 0 Å². The van der Waals surface area contributed by atoms with Gasteiger partial charge in [0.25, 0.3) is 0 Å². The molecule has 29 heavy (non-hydrogen) atoms. The van der Waals surface area contributed by atoms with Gasteiger partial charge in [0, 0.05) is 19.6 Å². The molecular formula is C26H52O3. The number of hydrogen-bond donors (Lipinski definition) is 1. The molecule has 0 aliphatic heterocycles.